The van der Waals surface area contributed by atoms with Crippen molar-refractivity contribution in [2.45, 2.75) is 33.6 Å². The molecule has 0 bridgehead atoms. The Bertz CT molecular complexity index is 1160. The van der Waals surface area contributed by atoms with Crippen molar-refractivity contribution in [1.82, 2.24) is 4.98 Å². The fourth-order valence-electron chi connectivity index (χ4n) is 4.46. The van der Waals surface area contributed by atoms with Gasteiger partial charge in [-0.2, -0.15) is 0 Å². The Kier molecular flexibility index (Phi) is 6.92. The second kappa shape index (κ2) is 10.0. The van der Waals surface area contributed by atoms with Gasteiger partial charge in [0.15, 0.2) is 5.78 Å². The molecule has 2 aromatic carbocycles. The summed E-state index contributed by atoms with van der Waals surface area (Å²) in [5.74, 6) is 0.258. The van der Waals surface area contributed by atoms with Gasteiger partial charge in [-0.15, -0.1) is 0 Å². The number of ketones is 1. The maximum Gasteiger partial charge on any atom is 0.310 e. The highest BCUT2D eigenvalue weighted by molar-refractivity contribution is 6.16. The van der Waals surface area contributed by atoms with E-state index >= 15 is 0 Å². The van der Waals surface area contributed by atoms with Crippen molar-refractivity contribution in [2.75, 3.05) is 31.2 Å². The van der Waals surface area contributed by atoms with Gasteiger partial charge in [-0.1, -0.05) is 11.6 Å². The third-order valence-electron chi connectivity index (χ3n) is 6.02. The Morgan fingerprint density at radius 2 is 1.88 bits per heavy atom. The van der Waals surface area contributed by atoms with Crippen LogP contribution in [0.15, 0.2) is 48.7 Å². The smallest absolute Gasteiger partial charge is 0.310 e. The standard InChI is InChI=1S/C27H30N2O4/c1-4-32-21-11-9-19(10-12-21)26(30)23-16-28-24-13-8-18(3)15-22(24)25(23)29-14-6-7-20(17-29)27(31)33-5-2/h8-13,15-16,20H,4-7,14,17H2,1-3H3/t20-/m0/s1. The topological polar surface area (TPSA) is 68.7 Å². The number of hydrogen-bond donors (Lipinski definition) is 0. The van der Waals surface area contributed by atoms with E-state index in [0.717, 1.165) is 47.3 Å². The molecule has 1 atom stereocenters. The van der Waals surface area contributed by atoms with E-state index in [4.69, 9.17) is 9.47 Å². The Morgan fingerprint density at radius 3 is 2.61 bits per heavy atom. The SMILES string of the molecule is CCOC(=O)[C@H]1CCCN(c2c(C(=O)c3ccc(OCC)cc3)cnc3ccc(C)cc23)C1. The second-order valence-corrected chi connectivity index (χ2v) is 8.36. The van der Waals surface area contributed by atoms with Crippen LogP contribution in [-0.2, 0) is 9.53 Å². The van der Waals surface area contributed by atoms with Gasteiger partial charge in [0.25, 0.3) is 0 Å². The van der Waals surface area contributed by atoms with Crippen LogP contribution in [0.3, 0.4) is 0 Å². The Hall–Kier alpha value is -3.41. The molecule has 0 spiro atoms. The summed E-state index contributed by atoms with van der Waals surface area (Å²) in [4.78, 5) is 32.9. The van der Waals surface area contributed by atoms with Crippen LogP contribution in [0.2, 0.25) is 0 Å². The molecule has 4 rings (SSSR count). The number of carbonyl (C=O) groups excluding carboxylic acids is 2. The fourth-order valence-corrected chi connectivity index (χ4v) is 4.46. The first-order valence-corrected chi connectivity index (χ1v) is 11.6. The number of piperidine rings is 1. The molecule has 0 unspecified atom stereocenters. The number of carbonyl (C=O) groups is 2. The minimum absolute atomic E-state index is 0.0952. The van der Waals surface area contributed by atoms with E-state index in [9.17, 15) is 9.59 Å². The van der Waals surface area contributed by atoms with E-state index in [1.807, 2.05) is 45.0 Å². The van der Waals surface area contributed by atoms with Gasteiger partial charge < -0.3 is 14.4 Å². The van der Waals surface area contributed by atoms with Crippen molar-refractivity contribution in [3.63, 3.8) is 0 Å². The molecule has 0 aliphatic carbocycles. The molecule has 1 saturated heterocycles. The van der Waals surface area contributed by atoms with Crippen LogP contribution in [0, 0.1) is 12.8 Å². The molecule has 0 N–H and O–H groups in total. The first kappa shape index (κ1) is 22.8. The molecule has 172 valence electrons. The average Bonchev–Trinajstić information content (AvgIpc) is 2.83. The summed E-state index contributed by atoms with van der Waals surface area (Å²) in [7, 11) is 0. The van der Waals surface area contributed by atoms with E-state index in [1.54, 1.807) is 18.3 Å². The van der Waals surface area contributed by atoms with Gasteiger partial charge >= 0.3 is 5.97 Å². The van der Waals surface area contributed by atoms with Gasteiger partial charge in [0.2, 0.25) is 0 Å². The van der Waals surface area contributed by atoms with Crippen molar-refractivity contribution in [3.8, 4) is 5.75 Å². The zero-order valence-electron chi connectivity index (χ0n) is 19.5. The molecule has 1 aliphatic rings. The summed E-state index contributed by atoms with van der Waals surface area (Å²) in [5.41, 5.74) is 3.89. The minimum atomic E-state index is -0.208. The number of pyridine rings is 1. The van der Waals surface area contributed by atoms with Crippen LogP contribution in [-0.4, -0.2) is 43.0 Å². The number of aromatic nitrogens is 1. The monoisotopic (exact) mass is 446 g/mol. The summed E-state index contributed by atoms with van der Waals surface area (Å²) in [6.45, 7) is 8.02. The van der Waals surface area contributed by atoms with Crippen molar-refractivity contribution in [2.24, 2.45) is 5.92 Å². The van der Waals surface area contributed by atoms with Gasteiger partial charge in [-0.3, -0.25) is 14.6 Å². The predicted molar refractivity (Wildman–Crippen MR) is 129 cm³/mol. The fraction of sp³-hybridized carbons (Fsp3) is 0.370. The minimum Gasteiger partial charge on any atom is -0.494 e. The third kappa shape index (κ3) is 4.85. The van der Waals surface area contributed by atoms with E-state index in [1.165, 1.54) is 0 Å². The molecule has 0 saturated carbocycles. The zero-order chi connectivity index (χ0) is 23.4. The molecule has 3 aromatic rings. The molecule has 1 aliphatic heterocycles. The molecule has 1 aromatic heterocycles. The van der Waals surface area contributed by atoms with Crippen LogP contribution in [0.4, 0.5) is 5.69 Å². The van der Waals surface area contributed by atoms with E-state index in [0.29, 0.717) is 30.9 Å². The molecular formula is C27H30N2O4. The highest BCUT2D eigenvalue weighted by atomic mass is 16.5. The summed E-state index contributed by atoms with van der Waals surface area (Å²) in [5, 5.41) is 0.927. The normalized spacial score (nSPS) is 16.0. The molecule has 33 heavy (non-hydrogen) atoms. The van der Waals surface area contributed by atoms with Crippen molar-refractivity contribution < 1.29 is 19.1 Å². The quantitative estimate of drug-likeness (QED) is 0.378. The number of esters is 1. The molecule has 6 nitrogen and oxygen atoms in total. The van der Waals surface area contributed by atoms with Crippen LogP contribution in [0.5, 0.6) is 5.75 Å². The molecule has 2 heterocycles. The van der Waals surface area contributed by atoms with Gasteiger partial charge in [-0.05, 0) is 70.0 Å². The summed E-state index contributed by atoms with van der Waals surface area (Å²) >= 11 is 0. The number of hydrogen-bond acceptors (Lipinski definition) is 6. The first-order valence-electron chi connectivity index (χ1n) is 11.6. The van der Waals surface area contributed by atoms with Gasteiger partial charge in [0, 0.05) is 30.2 Å². The summed E-state index contributed by atoms with van der Waals surface area (Å²) in [6.07, 6.45) is 3.31. The number of fused-ring (bicyclic) bond motifs is 1. The molecular weight excluding hydrogens is 416 g/mol. The van der Waals surface area contributed by atoms with Crippen LogP contribution >= 0.6 is 0 Å². The third-order valence-corrected chi connectivity index (χ3v) is 6.02. The van der Waals surface area contributed by atoms with Gasteiger partial charge in [0.05, 0.1) is 35.9 Å². The van der Waals surface area contributed by atoms with Crippen LogP contribution in [0.25, 0.3) is 10.9 Å². The lowest BCUT2D eigenvalue weighted by molar-refractivity contribution is -0.148. The Morgan fingerprint density at radius 1 is 1.09 bits per heavy atom. The number of ether oxygens (including phenoxy) is 2. The van der Waals surface area contributed by atoms with E-state index in [2.05, 4.69) is 16.0 Å². The van der Waals surface area contributed by atoms with Crippen molar-refractivity contribution >= 4 is 28.3 Å². The number of benzene rings is 2. The van der Waals surface area contributed by atoms with Crippen LogP contribution < -0.4 is 9.64 Å². The number of nitrogens with zero attached hydrogens (tertiary/aromatic N) is 2. The van der Waals surface area contributed by atoms with Crippen molar-refractivity contribution in [3.05, 3.63) is 65.4 Å². The first-order chi connectivity index (χ1) is 16.0. The number of anilines is 1. The average molecular weight is 447 g/mol. The van der Waals surface area contributed by atoms with E-state index in [-0.39, 0.29) is 17.7 Å². The second-order valence-electron chi connectivity index (χ2n) is 8.36. The highest BCUT2D eigenvalue weighted by Gasteiger charge is 2.30. The van der Waals surface area contributed by atoms with Crippen molar-refractivity contribution in [1.29, 1.82) is 0 Å². The highest BCUT2D eigenvalue weighted by Crippen LogP contribution is 2.35. The predicted octanol–water partition coefficient (Wildman–Crippen LogP) is 4.95. The molecule has 1 fully saturated rings. The summed E-state index contributed by atoms with van der Waals surface area (Å²) in [6, 6.07) is 13.3. The number of rotatable bonds is 7. The van der Waals surface area contributed by atoms with Crippen LogP contribution in [0.1, 0.15) is 48.2 Å². The zero-order valence-corrected chi connectivity index (χ0v) is 19.5. The lowest BCUT2D eigenvalue weighted by Gasteiger charge is -2.35. The Balaban J connectivity index is 1.78. The maximum atomic E-state index is 13.6. The Labute approximate surface area is 194 Å². The largest absolute Gasteiger partial charge is 0.494 e. The lowest BCUT2D eigenvalue weighted by Crippen LogP contribution is -2.40. The van der Waals surface area contributed by atoms with Gasteiger partial charge in [0.1, 0.15) is 5.75 Å². The maximum absolute atomic E-state index is 13.6. The molecule has 0 amide bonds. The van der Waals surface area contributed by atoms with E-state index < -0.39 is 0 Å². The molecule has 6 heteroatoms. The number of aryl methyl sites for hydroxylation is 1. The summed E-state index contributed by atoms with van der Waals surface area (Å²) < 4.78 is 10.8. The lowest BCUT2D eigenvalue weighted by atomic mass is 9.94. The van der Waals surface area contributed by atoms with Gasteiger partial charge in [-0.25, -0.2) is 0 Å². The molecule has 0 radical (unpaired) electrons.